The number of hydrogen-bond acceptors (Lipinski definition) is 2. The van der Waals surface area contributed by atoms with Crippen LogP contribution in [0.1, 0.15) is 5.82 Å². The molecule has 0 spiro atoms. The second-order valence-corrected chi connectivity index (χ2v) is 6.84. The Morgan fingerprint density at radius 1 is 0.840 bits per heavy atom. The average Bonchev–Trinajstić information content (AvgIpc) is 2.91. The molecule has 3 rings (SSSR count). The number of rotatable bonds is 2. The quantitative estimate of drug-likeness (QED) is 0.436. The molecule has 0 unspecified atom stereocenters. The van der Waals surface area contributed by atoms with Crippen LogP contribution in [0.5, 0.6) is 11.5 Å². The number of imidazole rings is 1. The molecule has 0 aliphatic heterocycles. The van der Waals surface area contributed by atoms with Crippen molar-refractivity contribution >= 4 is 69.0 Å². The van der Waals surface area contributed by atoms with Crippen molar-refractivity contribution in [3.8, 4) is 11.5 Å². The highest BCUT2D eigenvalue weighted by Crippen LogP contribution is 2.45. The number of ether oxygens (including phenoxy) is 1. The van der Waals surface area contributed by atoms with Gasteiger partial charge in [0.05, 0.1) is 20.1 Å². The van der Waals surface area contributed by atoms with Gasteiger partial charge < -0.3 is 9.72 Å². The van der Waals surface area contributed by atoms with Crippen molar-refractivity contribution in [1.82, 2.24) is 9.97 Å². The van der Waals surface area contributed by atoms with E-state index in [9.17, 15) is 13.2 Å². The van der Waals surface area contributed by atoms with Crippen molar-refractivity contribution in [3.63, 3.8) is 0 Å². The fourth-order valence-corrected chi connectivity index (χ4v) is 3.48. The molecule has 3 nitrogen and oxygen atoms in total. The molecule has 1 heterocycles. The van der Waals surface area contributed by atoms with Gasteiger partial charge in [-0.2, -0.15) is 13.2 Å². The summed E-state index contributed by atoms with van der Waals surface area (Å²) >= 11 is 29.9. The maximum Gasteiger partial charge on any atom is 0.449 e. The number of nitrogens with one attached hydrogen (secondary N) is 1. The van der Waals surface area contributed by atoms with Gasteiger partial charge in [0.15, 0.2) is 11.5 Å². The number of aromatic amines is 1. The predicted molar refractivity (Wildman–Crippen MR) is 92.7 cm³/mol. The highest BCUT2D eigenvalue weighted by molar-refractivity contribution is 6.41. The van der Waals surface area contributed by atoms with Gasteiger partial charge in [0.2, 0.25) is 5.82 Å². The molecule has 0 amide bonds. The van der Waals surface area contributed by atoms with Gasteiger partial charge in [-0.05, 0) is 18.2 Å². The van der Waals surface area contributed by atoms with Crippen molar-refractivity contribution in [2.45, 2.75) is 6.18 Å². The Labute approximate surface area is 163 Å². The number of H-pyrrole nitrogens is 1. The van der Waals surface area contributed by atoms with E-state index in [2.05, 4.69) is 9.97 Å². The topological polar surface area (TPSA) is 37.9 Å². The Kier molecular flexibility index (Phi) is 4.94. The zero-order chi connectivity index (χ0) is 18.5. The van der Waals surface area contributed by atoms with E-state index in [-0.39, 0.29) is 47.6 Å². The Hall–Kier alpha value is -1.05. The zero-order valence-electron chi connectivity index (χ0n) is 11.6. The van der Waals surface area contributed by atoms with E-state index in [0.717, 1.165) is 0 Å². The molecule has 0 fully saturated rings. The molecule has 1 aromatic heterocycles. The minimum atomic E-state index is -4.71. The van der Waals surface area contributed by atoms with Crippen LogP contribution in [0.2, 0.25) is 25.1 Å². The van der Waals surface area contributed by atoms with Crippen LogP contribution in [0.15, 0.2) is 18.2 Å². The van der Waals surface area contributed by atoms with E-state index in [4.69, 9.17) is 62.7 Å². The lowest BCUT2D eigenvalue weighted by Gasteiger charge is -2.12. The first-order valence-corrected chi connectivity index (χ1v) is 8.24. The van der Waals surface area contributed by atoms with E-state index in [1.807, 2.05) is 0 Å². The molecule has 0 saturated heterocycles. The van der Waals surface area contributed by atoms with E-state index >= 15 is 0 Å². The molecule has 0 bridgehead atoms. The van der Waals surface area contributed by atoms with Crippen LogP contribution in [-0.2, 0) is 6.18 Å². The SMILES string of the molecule is FC(F)(F)c1nc2c(Cl)cc(Cl)c(Oc3c(Cl)cc(Cl)cc3Cl)c2[nH]1. The largest absolute Gasteiger partial charge is 0.450 e. The van der Waals surface area contributed by atoms with Crippen LogP contribution in [0.4, 0.5) is 13.2 Å². The molecule has 0 radical (unpaired) electrons. The summed E-state index contributed by atoms with van der Waals surface area (Å²) in [5.74, 6) is -1.43. The minimum absolute atomic E-state index is 0.0265. The Balaban J connectivity index is 2.21. The molecule has 25 heavy (non-hydrogen) atoms. The normalized spacial score (nSPS) is 12.0. The number of hydrogen-bond donors (Lipinski definition) is 1. The molecule has 2 aromatic carbocycles. The maximum absolute atomic E-state index is 12.9. The Morgan fingerprint density at radius 3 is 1.96 bits per heavy atom. The molecule has 0 aliphatic carbocycles. The second-order valence-electron chi connectivity index (χ2n) is 4.78. The van der Waals surface area contributed by atoms with Gasteiger partial charge in [-0.15, -0.1) is 0 Å². The van der Waals surface area contributed by atoms with E-state index in [1.165, 1.54) is 18.2 Å². The molecule has 1 N–H and O–H groups in total. The number of nitrogens with zero attached hydrogens (tertiary/aromatic N) is 1. The summed E-state index contributed by atoms with van der Waals surface area (Å²) in [4.78, 5) is 5.56. The summed E-state index contributed by atoms with van der Waals surface area (Å²) in [6, 6.07) is 3.93. The molecule has 132 valence electrons. The summed E-state index contributed by atoms with van der Waals surface area (Å²) in [5, 5.41) is 0.222. The van der Waals surface area contributed by atoms with E-state index in [0.29, 0.717) is 0 Å². The lowest BCUT2D eigenvalue weighted by atomic mass is 10.3. The third kappa shape index (κ3) is 3.59. The summed E-state index contributed by atoms with van der Waals surface area (Å²) < 4.78 is 44.3. The first kappa shape index (κ1) is 18.7. The highest BCUT2D eigenvalue weighted by atomic mass is 35.5. The molecule has 0 aliphatic rings. The van der Waals surface area contributed by atoms with Crippen LogP contribution < -0.4 is 4.74 Å². The summed E-state index contributed by atoms with van der Waals surface area (Å²) in [6.07, 6.45) is -4.71. The highest BCUT2D eigenvalue weighted by Gasteiger charge is 2.36. The van der Waals surface area contributed by atoms with Crippen molar-refractivity contribution < 1.29 is 17.9 Å². The van der Waals surface area contributed by atoms with Gasteiger partial charge >= 0.3 is 6.18 Å². The molecule has 0 atom stereocenters. The molecule has 0 saturated carbocycles. The van der Waals surface area contributed by atoms with Gasteiger partial charge in [-0.25, -0.2) is 4.98 Å². The van der Waals surface area contributed by atoms with Crippen molar-refractivity contribution in [3.05, 3.63) is 49.1 Å². The summed E-state index contributed by atoms with van der Waals surface area (Å²) in [6.45, 7) is 0. The van der Waals surface area contributed by atoms with Gasteiger partial charge in [0.1, 0.15) is 11.0 Å². The molecule has 11 heteroatoms. The molecular weight excluding hydrogens is 446 g/mol. The fourth-order valence-electron chi connectivity index (χ4n) is 2.04. The van der Waals surface area contributed by atoms with Gasteiger partial charge in [0.25, 0.3) is 0 Å². The monoisotopic (exact) mass is 448 g/mol. The third-order valence-corrected chi connectivity index (χ3v) is 4.41. The van der Waals surface area contributed by atoms with Crippen molar-refractivity contribution in [1.29, 1.82) is 0 Å². The Morgan fingerprint density at radius 2 is 1.40 bits per heavy atom. The summed E-state index contributed by atoms with van der Waals surface area (Å²) in [5.41, 5.74) is -0.304. The fraction of sp³-hybridized carbons (Fsp3) is 0.0714. The van der Waals surface area contributed by atoms with E-state index < -0.39 is 12.0 Å². The predicted octanol–water partition coefficient (Wildman–Crippen LogP) is 7.64. The third-order valence-electron chi connectivity index (χ3n) is 3.06. The number of alkyl halides is 3. The number of fused-ring (bicyclic) bond motifs is 1. The zero-order valence-corrected chi connectivity index (χ0v) is 15.4. The van der Waals surface area contributed by atoms with Crippen LogP contribution in [0.25, 0.3) is 11.0 Å². The summed E-state index contributed by atoms with van der Waals surface area (Å²) in [7, 11) is 0. The van der Waals surface area contributed by atoms with Crippen LogP contribution >= 0.6 is 58.0 Å². The first-order valence-electron chi connectivity index (χ1n) is 6.35. The number of halogens is 8. The van der Waals surface area contributed by atoms with Gasteiger partial charge in [-0.3, -0.25) is 0 Å². The Bertz CT molecular complexity index is 964. The smallest absolute Gasteiger partial charge is 0.449 e. The van der Waals surface area contributed by atoms with Gasteiger partial charge in [-0.1, -0.05) is 58.0 Å². The average molecular weight is 450 g/mol. The lowest BCUT2D eigenvalue weighted by Crippen LogP contribution is -2.06. The van der Waals surface area contributed by atoms with Crippen molar-refractivity contribution in [2.24, 2.45) is 0 Å². The van der Waals surface area contributed by atoms with Crippen LogP contribution in [0, 0.1) is 0 Å². The number of benzene rings is 2. The minimum Gasteiger partial charge on any atom is -0.450 e. The van der Waals surface area contributed by atoms with Crippen LogP contribution in [-0.4, -0.2) is 9.97 Å². The first-order chi connectivity index (χ1) is 11.6. The molecular formula is C14H4Cl5F3N2O. The number of aromatic nitrogens is 2. The molecule has 3 aromatic rings. The standard InChI is InChI=1S/C14H4Cl5F3N2O/c15-4-1-6(17)11(7(18)2-4)25-12-8(19)3-5(16)9-10(12)24-13(23-9)14(20,21)22/h1-3H,(H,23,24). The van der Waals surface area contributed by atoms with Crippen LogP contribution in [0.3, 0.4) is 0 Å². The second kappa shape index (κ2) is 6.59. The van der Waals surface area contributed by atoms with Crippen molar-refractivity contribution in [2.75, 3.05) is 0 Å². The maximum atomic E-state index is 12.9. The lowest BCUT2D eigenvalue weighted by molar-refractivity contribution is -0.144. The van der Waals surface area contributed by atoms with E-state index in [1.54, 1.807) is 0 Å². The van der Waals surface area contributed by atoms with Gasteiger partial charge in [0, 0.05) is 5.02 Å².